The minimum absolute atomic E-state index is 0.0310. The smallest absolute Gasteiger partial charge is 0.320 e. The third-order valence-corrected chi connectivity index (χ3v) is 8.06. The lowest BCUT2D eigenvalue weighted by atomic mass is 9.89. The Kier molecular flexibility index (Phi) is 7.65. The molecule has 2 aliphatic heterocycles. The van der Waals surface area contributed by atoms with Crippen molar-refractivity contribution in [2.45, 2.75) is 31.3 Å². The van der Waals surface area contributed by atoms with Crippen LogP contribution in [-0.2, 0) is 9.53 Å². The molecule has 3 aliphatic rings. The lowest BCUT2D eigenvalue weighted by Gasteiger charge is -2.45. The quantitative estimate of drug-likeness (QED) is 0.370. The van der Waals surface area contributed by atoms with E-state index in [1.54, 1.807) is 6.07 Å². The second kappa shape index (κ2) is 11.3. The zero-order chi connectivity index (χ0) is 27.7. The van der Waals surface area contributed by atoms with Crippen molar-refractivity contribution in [3.63, 3.8) is 0 Å². The van der Waals surface area contributed by atoms with Gasteiger partial charge in [-0.3, -0.25) is 14.6 Å². The maximum absolute atomic E-state index is 13.6. The van der Waals surface area contributed by atoms with E-state index in [0.717, 1.165) is 44.4 Å². The predicted octanol–water partition coefficient (Wildman–Crippen LogP) is 4.66. The number of likely N-dealkylation sites (N-methyl/N-ethyl adjacent to an activating group) is 1. The number of nitrogens with zero attached hydrogens (tertiary/aromatic N) is 4. The highest BCUT2D eigenvalue weighted by atomic mass is 35.5. The first kappa shape index (κ1) is 27.0. The van der Waals surface area contributed by atoms with Crippen LogP contribution in [0.3, 0.4) is 0 Å². The van der Waals surface area contributed by atoms with Gasteiger partial charge in [-0.2, -0.15) is 0 Å². The number of benzene rings is 2. The zero-order valence-corrected chi connectivity index (χ0v) is 23.3. The molecule has 9 nitrogen and oxygen atoms in total. The van der Waals surface area contributed by atoms with Crippen molar-refractivity contribution >= 4 is 40.0 Å². The van der Waals surface area contributed by atoms with Crippen LogP contribution in [0.1, 0.15) is 25.7 Å². The van der Waals surface area contributed by atoms with Gasteiger partial charge in [-0.05, 0) is 50.1 Å². The molecule has 0 unspecified atom stereocenters. The molecule has 6 rings (SSSR count). The van der Waals surface area contributed by atoms with Gasteiger partial charge in [-0.15, -0.1) is 0 Å². The van der Waals surface area contributed by atoms with Gasteiger partial charge in [0, 0.05) is 56.2 Å². The molecule has 2 aromatic carbocycles. The number of fused-ring (bicyclic) bond motifs is 1. The van der Waals surface area contributed by atoms with Crippen LogP contribution < -0.4 is 14.8 Å². The van der Waals surface area contributed by atoms with Gasteiger partial charge in [0.25, 0.3) is 0 Å². The number of hydrogen-bond acceptors (Lipinski definition) is 9. The number of nitrogens with one attached hydrogen (secondary N) is 1. The number of esters is 1. The highest BCUT2D eigenvalue weighted by Crippen LogP contribution is 2.38. The first-order chi connectivity index (χ1) is 19.4. The SMILES string of the molecule is CN1CC(=O)OC2(CCN(CCOc3cc4ncnc(Nc5ccc(F)c(Cl)c5)c4cc3OCC3CC3)CC2)C1. The summed E-state index contributed by atoms with van der Waals surface area (Å²) in [5.41, 5.74) is 0.946. The van der Waals surface area contributed by atoms with Gasteiger partial charge in [-0.1, -0.05) is 11.6 Å². The molecule has 1 saturated carbocycles. The average molecular weight is 570 g/mol. The summed E-state index contributed by atoms with van der Waals surface area (Å²) < 4.78 is 31.9. The Labute approximate surface area is 237 Å². The fraction of sp³-hybridized carbons (Fsp3) is 0.483. The molecular weight excluding hydrogens is 537 g/mol. The number of ether oxygens (including phenoxy) is 3. The normalized spacial score (nSPS) is 19.5. The molecule has 0 atom stereocenters. The van der Waals surface area contributed by atoms with E-state index in [4.69, 9.17) is 25.8 Å². The van der Waals surface area contributed by atoms with Crippen LogP contribution in [-0.4, -0.2) is 84.3 Å². The van der Waals surface area contributed by atoms with Gasteiger partial charge < -0.3 is 19.5 Å². The molecule has 3 aromatic rings. The first-order valence-corrected chi connectivity index (χ1v) is 14.1. The monoisotopic (exact) mass is 569 g/mol. The molecule has 0 bridgehead atoms. The minimum Gasteiger partial charge on any atom is -0.489 e. The Bertz CT molecular complexity index is 1400. The molecule has 0 radical (unpaired) electrons. The Hall–Kier alpha value is -3.21. The maximum Gasteiger partial charge on any atom is 0.320 e. The molecule has 1 aliphatic carbocycles. The summed E-state index contributed by atoms with van der Waals surface area (Å²) >= 11 is 5.97. The van der Waals surface area contributed by atoms with Gasteiger partial charge in [0.15, 0.2) is 11.5 Å². The van der Waals surface area contributed by atoms with E-state index in [-0.39, 0.29) is 16.6 Å². The fourth-order valence-corrected chi connectivity index (χ4v) is 5.58. The summed E-state index contributed by atoms with van der Waals surface area (Å²) in [7, 11) is 1.97. The third-order valence-electron chi connectivity index (χ3n) is 7.77. The summed E-state index contributed by atoms with van der Waals surface area (Å²) in [5.74, 6) is 1.80. The Morgan fingerprint density at radius 2 is 1.95 bits per heavy atom. The Balaban J connectivity index is 1.14. The van der Waals surface area contributed by atoms with Crippen LogP contribution in [0.25, 0.3) is 10.9 Å². The van der Waals surface area contributed by atoms with E-state index in [1.807, 2.05) is 24.1 Å². The number of rotatable bonds is 9. The molecule has 212 valence electrons. The van der Waals surface area contributed by atoms with Gasteiger partial charge in [0.2, 0.25) is 0 Å². The summed E-state index contributed by atoms with van der Waals surface area (Å²) in [4.78, 5) is 25.2. The van der Waals surface area contributed by atoms with Crippen molar-refractivity contribution in [2.75, 3.05) is 58.3 Å². The number of hydrogen-bond donors (Lipinski definition) is 1. The molecule has 11 heteroatoms. The standard InChI is InChI=1S/C29H33ClFN5O4/c1-35-15-27(37)40-29(17-35)6-8-36(9-7-29)10-11-38-26-14-24-21(13-25(26)39-16-19-2-3-19)28(33-18-32-24)34-20-4-5-23(31)22(30)12-20/h4-5,12-14,18-19H,2-3,6-11,15-17H2,1H3,(H,32,33,34). The van der Waals surface area contributed by atoms with Gasteiger partial charge in [-0.25, -0.2) is 14.4 Å². The topological polar surface area (TPSA) is 89.1 Å². The molecule has 1 N–H and O–H groups in total. The lowest BCUT2D eigenvalue weighted by Crippen LogP contribution is -2.57. The van der Waals surface area contributed by atoms with E-state index in [9.17, 15) is 9.18 Å². The molecule has 1 aromatic heterocycles. The van der Waals surface area contributed by atoms with E-state index >= 15 is 0 Å². The molecule has 3 fully saturated rings. The summed E-state index contributed by atoms with van der Waals surface area (Å²) in [5, 5.41) is 4.01. The largest absolute Gasteiger partial charge is 0.489 e. The van der Waals surface area contributed by atoms with E-state index in [1.165, 1.54) is 31.3 Å². The van der Waals surface area contributed by atoms with Crippen molar-refractivity contribution in [3.05, 3.63) is 47.5 Å². The highest BCUT2D eigenvalue weighted by Gasteiger charge is 2.42. The Morgan fingerprint density at radius 3 is 2.70 bits per heavy atom. The minimum atomic E-state index is -0.480. The number of carbonyl (C=O) groups excluding carboxylic acids is 1. The second-order valence-electron chi connectivity index (χ2n) is 11.1. The van der Waals surface area contributed by atoms with Crippen molar-refractivity contribution in [1.82, 2.24) is 19.8 Å². The van der Waals surface area contributed by atoms with Crippen LogP contribution in [0.5, 0.6) is 11.5 Å². The number of piperidine rings is 1. The summed E-state index contributed by atoms with van der Waals surface area (Å²) in [6.45, 7) is 4.72. The maximum atomic E-state index is 13.6. The average Bonchev–Trinajstić information content (AvgIpc) is 3.75. The molecular formula is C29H33ClFN5O4. The number of aromatic nitrogens is 2. The molecule has 3 heterocycles. The van der Waals surface area contributed by atoms with Crippen molar-refractivity contribution < 1.29 is 23.4 Å². The first-order valence-electron chi connectivity index (χ1n) is 13.7. The van der Waals surface area contributed by atoms with Crippen molar-refractivity contribution in [3.8, 4) is 11.5 Å². The lowest BCUT2D eigenvalue weighted by molar-refractivity contribution is -0.179. The van der Waals surface area contributed by atoms with Crippen LogP contribution in [0.4, 0.5) is 15.9 Å². The fourth-order valence-electron chi connectivity index (χ4n) is 5.40. The molecule has 40 heavy (non-hydrogen) atoms. The molecule has 1 spiro atoms. The van der Waals surface area contributed by atoms with Crippen LogP contribution in [0, 0.1) is 11.7 Å². The van der Waals surface area contributed by atoms with Gasteiger partial charge in [0.05, 0.1) is 23.7 Å². The van der Waals surface area contributed by atoms with Crippen molar-refractivity contribution in [2.24, 2.45) is 5.92 Å². The number of morpholine rings is 1. The summed E-state index contributed by atoms with van der Waals surface area (Å²) in [6.07, 6.45) is 5.46. The van der Waals surface area contributed by atoms with Crippen LogP contribution in [0.2, 0.25) is 5.02 Å². The van der Waals surface area contributed by atoms with Crippen molar-refractivity contribution in [1.29, 1.82) is 0 Å². The molecule has 0 amide bonds. The van der Waals surface area contributed by atoms with Gasteiger partial charge in [0.1, 0.15) is 30.2 Å². The highest BCUT2D eigenvalue weighted by molar-refractivity contribution is 6.31. The Morgan fingerprint density at radius 1 is 1.15 bits per heavy atom. The third kappa shape index (κ3) is 6.24. The van der Waals surface area contributed by atoms with Gasteiger partial charge >= 0.3 is 5.97 Å². The molecule has 2 saturated heterocycles. The number of likely N-dealkylation sites (tertiary alicyclic amines) is 1. The van der Waals surface area contributed by atoms with Crippen LogP contribution >= 0.6 is 11.6 Å². The second-order valence-corrected chi connectivity index (χ2v) is 11.5. The van der Waals surface area contributed by atoms with E-state index in [2.05, 4.69) is 20.2 Å². The summed E-state index contributed by atoms with van der Waals surface area (Å²) in [6, 6.07) is 8.22. The predicted molar refractivity (Wildman–Crippen MR) is 150 cm³/mol. The van der Waals surface area contributed by atoms with Crippen LogP contribution in [0.15, 0.2) is 36.7 Å². The zero-order valence-electron chi connectivity index (χ0n) is 22.5. The van der Waals surface area contributed by atoms with E-state index in [0.29, 0.717) is 54.2 Å². The van der Waals surface area contributed by atoms with E-state index < -0.39 is 5.82 Å². The number of halogens is 2. The number of carbonyl (C=O) groups is 1. The number of anilines is 2.